The quantitative estimate of drug-likeness (QED) is 0.584. The zero-order chi connectivity index (χ0) is 19.8. The van der Waals surface area contributed by atoms with Gasteiger partial charge in [0.05, 0.1) is 5.56 Å². The minimum absolute atomic E-state index is 0.134. The average Bonchev–Trinajstić information content (AvgIpc) is 3.09. The molecule has 0 bridgehead atoms. The summed E-state index contributed by atoms with van der Waals surface area (Å²) in [5.41, 5.74) is 8.27. The molecule has 0 aliphatic heterocycles. The number of quaternary nitrogens is 1. The Kier molecular flexibility index (Phi) is 8.00. The van der Waals surface area contributed by atoms with Gasteiger partial charge in [0.1, 0.15) is 11.0 Å². The van der Waals surface area contributed by atoms with Gasteiger partial charge >= 0.3 is 0 Å². The normalized spacial score (nSPS) is 12.1. The molecule has 1 atom stereocenters. The number of hydrogen-bond donors (Lipinski definition) is 3. The van der Waals surface area contributed by atoms with E-state index in [2.05, 4.69) is 55.7 Å². The van der Waals surface area contributed by atoms with Crippen LogP contribution in [0, 0.1) is 5.92 Å². The van der Waals surface area contributed by atoms with Crippen molar-refractivity contribution in [3.63, 3.8) is 0 Å². The van der Waals surface area contributed by atoms with Crippen molar-refractivity contribution in [2.24, 2.45) is 11.7 Å². The van der Waals surface area contributed by atoms with Gasteiger partial charge in [0.25, 0.3) is 11.8 Å². The molecule has 0 aliphatic carbocycles. The Bertz CT molecular complexity index is 753. The second-order valence-electron chi connectivity index (χ2n) is 7.13. The van der Waals surface area contributed by atoms with E-state index in [-0.39, 0.29) is 18.5 Å². The van der Waals surface area contributed by atoms with Crippen molar-refractivity contribution < 1.29 is 14.9 Å². The van der Waals surface area contributed by atoms with Crippen LogP contribution in [0.15, 0.2) is 35.7 Å². The molecule has 5 nitrogen and oxygen atoms in total. The van der Waals surface area contributed by atoms with Crippen molar-refractivity contribution in [1.82, 2.24) is 0 Å². The van der Waals surface area contributed by atoms with E-state index in [4.69, 9.17) is 5.73 Å². The number of thiophene rings is 1. The van der Waals surface area contributed by atoms with Crippen LogP contribution in [0.1, 0.15) is 61.1 Å². The molecular weight excluding hydrogens is 358 g/mol. The summed E-state index contributed by atoms with van der Waals surface area (Å²) in [5.74, 6) is -0.272. The van der Waals surface area contributed by atoms with Crippen LogP contribution >= 0.6 is 11.3 Å². The van der Waals surface area contributed by atoms with Crippen LogP contribution in [0.2, 0.25) is 0 Å². The third kappa shape index (κ3) is 6.19. The number of rotatable bonds is 10. The molecule has 27 heavy (non-hydrogen) atoms. The number of aryl methyl sites for hydroxylation is 1. The fourth-order valence-electron chi connectivity index (χ4n) is 3.09. The fraction of sp³-hybridized carbons (Fsp3) is 0.429. The van der Waals surface area contributed by atoms with Crippen LogP contribution in [0.5, 0.6) is 0 Å². The van der Waals surface area contributed by atoms with Crippen molar-refractivity contribution in [2.45, 2.75) is 46.1 Å². The lowest BCUT2D eigenvalue weighted by atomic mass is 9.94. The third-order valence-corrected chi connectivity index (χ3v) is 5.47. The third-order valence-electron chi connectivity index (χ3n) is 4.64. The summed E-state index contributed by atoms with van der Waals surface area (Å²) < 4.78 is 0. The van der Waals surface area contributed by atoms with E-state index in [0.29, 0.717) is 16.5 Å². The van der Waals surface area contributed by atoms with E-state index in [9.17, 15) is 9.59 Å². The van der Waals surface area contributed by atoms with E-state index in [1.165, 1.54) is 35.3 Å². The van der Waals surface area contributed by atoms with Crippen LogP contribution in [0.3, 0.4) is 0 Å². The number of anilines is 1. The molecule has 2 rings (SSSR count). The summed E-state index contributed by atoms with van der Waals surface area (Å²) in [5, 5.41) is 7.11. The second-order valence-corrected chi connectivity index (χ2v) is 8.05. The molecule has 0 saturated heterocycles. The molecule has 0 unspecified atom stereocenters. The average molecular weight is 389 g/mol. The number of hydrogen-bond acceptors (Lipinski definition) is 3. The van der Waals surface area contributed by atoms with E-state index in [1.807, 2.05) is 0 Å². The molecular formula is C21H30N3O2S+. The molecule has 0 saturated carbocycles. The van der Waals surface area contributed by atoms with Crippen LogP contribution in [0.4, 0.5) is 5.00 Å². The van der Waals surface area contributed by atoms with E-state index < -0.39 is 5.91 Å². The molecule has 1 aromatic heterocycles. The van der Waals surface area contributed by atoms with Crippen LogP contribution < -0.4 is 16.4 Å². The topological polar surface area (TPSA) is 88.8 Å². The van der Waals surface area contributed by atoms with Crippen molar-refractivity contribution in [2.75, 3.05) is 11.9 Å². The first-order valence-corrected chi connectivity index (χ1v) is 10.4. The molecule has 0 radical (unpaired) electrons. The van der Waals surface area contributed by atoms with Gasteiger partial charge in [-0.15, -0.1) is 11.3 Å². The van der Waals surface area contributed by atoms with Crippen molar-refractivity contribution in [3.8, 4) is 0 Å². The highest BCUT2D eigenvalue weighted by Crippen LogP contribution is 2.22. The monoisotopic (exact) mass is 388 g/mol. The maximum absolute atomic E-state index is 12.3. The zero-order valence-corrected chi connectivity index (χ0v) is 17.1. The molecule has 2 amide bonds. The molecule has 6 heteroatoms. The number of nitrogens with one attached hydrogen (secondary N) is 1. The second kappa shape index (κ2) is 10.2. The lowest BCUT2D eigenvalue weighted by Crippen LogP contribution is -2.88. The predicted molar refractivity (Wildman–Crippen MR) is 111 cm³/mol. The SMILES string of the molecule is CCCCc1ccc([C@H]([NH2+]CC(=O)Nc2sccc2C(N)=O)C(C)C)cc1. The highest BCUT2D eigenvalue weighted by Gasteiger charge is 2.21. The van der Waals surface area contributed by atoms with Gasteiger partial charge in [0.2, 0.25) is 0 Å². The van der Waals surface area contributed by atoms with Crippen LogP contribution in [-0.2, 0) is 11.2 Å². The summed E-state index contributed by atoms with van der Waals surface area (Å²) in [6, 6.07) is 10.6. The molecule has 0 spiro atoms. The Morgan fingerprint density at radius 3 is 2.48 bits per heavy atom. The van der Waals surface area contributed by atoms with Crippen LogP contribution in [-0.4, -0.2) is 18.4 Å². The Labute approximate surface area is 165 Å². The van der Waals surface area contributed by atoms with E-state index >= 15 is 0 Å². The zero-order valence-electron chi connectivity index (χ0n) is 16.3. The number of primary amides is 1. The number of unbranched alkanes of at least 4 members (excludes halogenated alkanes) is 1. The highest BCUT2D eigenvalue weighted by atomic mass is 32.1. The minimum Gasteiger partial charge on any atom is -0.366 e. The molecule has 0 fully saturated rings. The maximum Gasteiger partial charge on any atom is 0.280 e. The van der Waals surface area contributed by atoms with Gasteiger partial charge < -0.3 is 16.4 Å². The van der Waals surface area contributed by atoms with Crippen molar-refractivity contribution in [3.05, 3.63) is 52.4 Å². The van der Waals surface area contributed by atoms with Gasteiger partial charge in [-0.2, -0.15) is 0 Å². The smallest absolute Gasteiger partial charge is 0.280 e. The summed E-state index contributed by atoms with van der Waals surface area (Å²) >= 11 is 1.30. The van der Waals surface area contributed by atoms with Crippen molar-refractivity contribution >= 4 is 28.2 Å². The first-order valence-electron chi connectivity index (χ1n) is 9.51. The Balaban J connectivity index is 1.96. The van der Waals surface area contributed by atoms with Gasteiger partial charge in [-0.3, -0.25) is 9.59 Å². The highest BCUT2D eigenvalue weighted by molar-refractivity contribution is 7.14. The predicted octanol–water partition coefficient (Wildman–Crippen LogP) is 3.09. The maximum atomic E-state index is 12.3. The van der Waals surface area contributed by atoms with E-state index in [1.54, 1.807) is 11.4 Å². The first kappa shape index (κ1) is 21.1. The number of carbonyl (C=O) groups is 2. The lowest BCUT2D eigenvalue weighted by Gasteiger charge is -2.20. The minimum atomic E-state index is -0.529. The number of amides is 2. The fourth-order valence-corrected chi connectivity index (χ4v) is 3.90. The van der Waals surface area contributed by atoms with Gasteiger partial charge in [-0.1, -0.05) is 51.5 Å². The largest absolute Gasteiger partial charge is 0.366 e. The standard InChI is InChI=1S/C21H29N3O2S/c1-4-5-6-15-7-9-16(10-8-15)19(14(2)3)23-13-18(25)24-21-17(20(22)26)11-12-27-21/h7-12,14,19,23H,4-6,13H2,1-3H3,(H2,22,26)(H,24,25)/p+1/t19-/m1/s1. The molecule has 0 aliphatic rings. The number of carbonyl (C=O) groups excluding carboxylic acids is 2. The van der Waals surface area contributed by atoms with Gasteiger partial charge in [-0.25, -0.2) is 0 Å². The molecule has 1 heterocycles. The van der Waals surface area contributed by atoms with Gasteiger partial charge in [0.15, 0.2) is 6.54 Å². The van der Waals surface area contributed by atoms with Crippen molar-refractivity contribution in [1.29, 1.82) is 0 Å². The molecule has 1 aromatic carbocycles. The molecule has 5 N–H and O–H groups in total. The number of benzene rings is 1. The summed E-state index contributed by atoms with van der Waals surface area (Å²) in [6.07, 6.45) is 3.51. The van der Waals surface area contributed by atoms with Gasteiger partial charge in [-0.05, 0) is 29.9 Å². The Morgan fingerprint density at radius 2 is 1.89 bits per heavy atom. The lowest BCUT2D eigenvalue weighted by molar-refractivity contribution is -0.692. The van der Waals surface area contributed by atoms with Crippen LogP contribution in [0.25, 0.3) is 0 Å². The van der Waals surface area contributed by atoms with Gasteiger partial charge in [0, 0.05) is 11.5 Å². The summed E-state index contributed by atoms with van der Waals surface area (Å²) in [7, 11) is 0. The molecule has 2 aromatic rings. The number of nitrogens with two attached hydrogens (primary N) is 2. The first-order chi connectivity index (χ1) is 12.9. The summed E-state index contributed by atoms with van der Waals surface area (Å²) in [4.78, 5) is 23.7. The Morgan fingerprint density at radius 1 is 1.19 bits per heavy atom. The molecule has 146 valence electrons. The van der Waals surface area contributed by atoms with E-state index in [0.717, 1.165) is 6.42 Å². The summed E-state index contributed by atoms with van der Waals surface area (Å²) in [6.45, 7) is 6.81. The Hall–Kier alpha value is -2.18.